The highest BCUT2D eigenvalue weighted by Gasteiger charge is 2.29. The summed E-state index contributed by atoms with van der Waals surface area (Å²) in [5.41, 5.74) is 1.21. The van der Waals surface area contributed by atoms with Crippen molar-refractivity contribution in [2.45, 2.75) is 31.7 Å². The molecular formula is C21H21Cl2N3O2. The average Bonchev–Trinajstić information content (AvgIpc) is 3.53. The van der Waals surface area contributed by atoms with Gasteiger partial charge in [0.15, 0.2) is 5.78 Å². The molecule has 2 fully saturated rings. The van der Waals surface area contributed by atoms with Gasteiger partial charge in [-0.05, 0) is 56.0 Å². The van der Waals surface area contributed by atoms with Crippen LogP contribution in [0.5, 0.6) is 0 Å². The summed E-state index contributed by atoms with van der Waals surface area (Å²) in [6, 6.07) is 9.02. The zero-order valence-electron chi connectivity index (χ0n) is 15.3. The summed E-state index contributed by atoms with van der Waals surface area (Å²) >= 11 is 12.0. The molecule has 2 aliphatic rings. The molecule has 1 aromatic carbocycles. The van der Waals surface area contributed by atoms with Crippen molar-refractivity contribution < 1.29 is 9.59 Å². The number of nitrogens with one attached hydrogen (secondary N) is 1. The normalized spacial score (nSPS) is 17.4. The van der Waals surface area contributed by atoms with E-state index in [1.807, 2.05) is 11.0 Å². The number of pyridine rings is 1. The monoisotopic (exact) mass is 417 g/mol. The van der Waals surface area contributed by atoms with Crippen LogP contribution in [-0.4, -0.2) is 40.7 Å². The highest BCUT2D eigenvalue weighted by Crippen LogP contribution is 2.28. The fraction of sp³-hybridized carbons (Fsp3) is 0.381. The molecule has 1 N–H and O–H groups in total. The number of amides is 1. The second kappa shape index (κ2) is 8.10. The smallest absolute Gasteiger partial charge is 0.254 e. The molecule has 0 spiro atoms. The first-order valence-electron chi connectivity index (χ1n) is 9.52. The first kappa shape index (κ1) is 19.2. The number of nitrogens with zero attached hydrogens (tertiary/aromatic N) is 2. The van der Waals surface area contributed by atoms with E-state index in [0.29, 0.717) is 53.1 Å². The summed E-state index contributed by atoms with van der Waals surface area (Å²) in [7, 11) is 0. The summed E-state index contributed by atoms with van der Waals surface area (Å²) in [6.07, 6.45) is 5.26. The molecule has 2 aromatic rings. The van der Waals surface area contributed by atoms with Crippen molar-refractivity contribution in [1.82, 2.24) is 9.88 Å². The molecule has 2 heterocycles. The summed E-state index contributed by atoms with van der Waals surface area (Å²) in [5, 5.41) is 4.14. The third-order valence-corrected chi connectivity index (χ3v) is 6.03. The van der Waals surface area contributed by atoms with Crippen molar-refractivity contribution in [1.29, 1.82) is 0 Å². The Hall–Kier alpha value is -2.11. The zero-order valence-corrected chi connectivity index (χ0v) is 16.8. The summed E-state index contributed by atoms with van der Waals surface area (Å²) in [6.45, 7) is 1.12. The van der Waals surface area contributed by atoms with Gasteiger partial charge in [-0.2, -0.15) is 0 Å². The maximum atomic E-state index is 12.8. The molecule has 0 bridgehead atoms. The van der Waals surface area contributed by atoms with Crippen LogP contribution >= 0.6 is 23.2 Å². The largest absolute Gasteiger partial charge is 0.367 e. The van der Waals surface area contributed by atoms with E-state index in [-0.39, 0.29) is 17.6 Å². The molecule has 1 saturated heterocycles. The van der Waals surface area contributed by atoms with E-state index in [9.17, 15) is 9.59 Å². The minimum absolute atomic E-state index is 0.0123. The third-order valence-electron chi connectivity index (χ3n) is 5.29. The molecule has 0 unspecified atom stereocenters. The lowest BCUT2D eigenvalue weighted by molar-refractivity contribution is 0.0650. The van der Waals surface area contributed by atoms with E-state index in [1.165, 1.54) is 0 Å². The van der Waals surface area contributed by atoms with Crippen LogP contribution in [-0.2, 0) is 0 Å². The first-order valence-corrected chi connectivity index (χ1v) is 10.3. The van der Waals surface area contributed by atoms with Gasteiger partial charge in [-0.25, -0.2) is 4.98 Å². The number of Topliss-reactive ketones (excluding diaryl/α,β-unsaturated/α-hetero) is 1. The Kier molecular flexibility index (Phi) is 5.56. The van der Waals surface area contributed by atoms with Crippen LogP contribution < -0.4 is 5.32 Å². The van der Waals surface area contributed by atoms with Gasteiger partial charge in [0.05, 0.1) is 10.0 Å². The van der Waals surface area contributed by atoms with Crippen molar-refractivity contribution >= 4 is 40.7 Å². The summed E-state index contributed by atoms with van der Waals surface area (Å²) in [5.74, 6) is 0.691. The molecule has 1 aliphatic heterocycles. The van der Waals surface area contributed by atoms with E-state index >= 15 is 0 Å². The van der Waals surface area contributed by atoms with Gasteiger partial charge in [-0.15, -0.1) is 0 Å². The molecular weight excluding hydrogens is 397 g/mol. The van der Waals surface area contributed by atoms with Gasteiger partial charge in [0.2, 0.25) is 0 Å². The minimum Gasteiger partial charge on any atom is -0.367 e. The average molecular weight is 418 g/mol. The molecule has 7 heteroatoms. The number of hydrogen-bond donors (Lipinski definition) is 1. The van der Waals surface area contributed by atoms with Gasteiger partial charge < -0.3 is 10.2 Å². The number of piperidine rings is 1. The molecule has 1 amide bonds. The van der Waals surface area contributed by atoms with Crippen LogP contribution in [0.1, 0.15) is 46.4 Å². The minimum atomic E-state index is -0.106. The summed E-state index contributed by atoms with van der Waals surface area (Å²) < 4.78 is 0. The van der Waals surface area contributed by atoms with E-state index < -0.39 is 0 Å². The highest BCUT2D eigenvalue weighted by atomic mass is 35.5. The third kappa shape index (κ3) is 4.31. The topological polar surface area (TPSA) is 62.3 Å². The molecule has 4 rings (SSSR count). The lowest BCUT2D eigenvalue weighted by Crippen LogP contribution is -2.40. The fourth-order valence-electron chi connectivity index (χ4n) is 3.49. The summed E-state index contributed by atoms with van der Waals surface area (Å²) in [4.78, 5) is 31.7. The van der Waals surface area contributed by atoms with Crippen LogP contribution in [0, 0.1) is 5.92 Å². The molecule has 1 aromatic heterocycles. The number of rotatable bonds is 5. The quantitative estimate of drug-likeness (QED) is 0.716. The molecule has 0 radical (unpaired) electrons. The van der Waals surface area contributed by atoms with Crippen molar-refractivity contribution in [3.63, 3.8) is 0 Å². The molecule has 5 nitrogen and oxygen atoms in total. The molecule has 1 aliphatic carbocycles. The molecule has 1 saturated carbocycles. The highest BCUT2D eigenvalue weighted by molar-refractivity contribution is 6.42. The van der Waals surface area contributed by atoms with Crippen LogP contribution in [0.2, 0.25) is 10.0 Å². The number of likely N-dealkylation sites (tertiary alicyclic amines) is 1. The van der Waals surface area contributed by atoms with Gasteiger partial charge >= 0.3 is 0 Å². The van der Waals surface area contributed by atoms with E-state index in [2.05, 4.69) is 10.3 Å². The van der Waals surface area contributed by atoms with Gasteiger partial charge in [-0.3, -0.25) is 9.59 Å². The second-order valence-corrected chi connectivity index (χ2v) is 8.22. The number of benzene rings is 1. The Bertz CT molecular complexity index is 906. The number of carbonyl (C=O) groups excluding carboxylic acids is 2. The number of ketones is 1. The van der Waals surface area contributed by atoms with Crippen molar-refractivity contribution in [2.75, 3.05) is 18.4 Å². The lowest BCUT2D eigenvalue weighted by Gasteiger charge is -2.31. The maximum Gasteiger partial charge on any atom is 0.254 e. The van der Waals surface area contributed by atoms with Crippen molar-refractivity contribution in [3.8, 4) is 0 Å². The Morgan fingerprint density at radius 2 is 1.71 bits per heavy atom. The van der Waals surface area contributed by atoms with Gasteiger partial charge in [0.25, 0.3) is 5.91 Å². The number of aromatic nitrogens is 1. The predicted molar refractivity (Wildman–Crippen MR) is 110 cm³/mol. The van der Waals surface area contributed by atoms with Crippen LogP contribution in [0.25, 0.3) is 0 Å². The number of hydrogen-bond acceptors (Lipinski definition) is 4. The molecule has 0 atom stereocenters. The Labute approximate surface area is 174 Å². The Morgan fingerprint density at radius 3 is 2.39 bits per heavy atom. The van der Waals surface area contributed by atoms with Crippen molar-refractivity contribution in [2.24, 2.45) is 5.92 Å². The van der Waals surface area contributed by atoms with E-state index in [1.54, 1.807) is 30.5 Å². The number of halogens is 2. The first-order chi connectivity index (χ1) is 13.5. The van der Waals surface area contributed by atoms with Crippen LogP contribution in [0.15, 0.2) is 36.5 Å². The number of anilines is 1. The van der Waals surface area contributed by atoms with Gasteiger partial charge in [0.1, 0.15) is 5.82 Å². The van der Waals surface area contributed by atoms with Gasteiger partial charge in [0, 0.05) is 42.4 Å². The molecule has 28 heavy (non-hydrogen) atoms. The fourth-order valence-corrected chi connectivity index (χ4v) is 3.79. The van der Waals surface area contributed by atoms with E-state index in [0.717, 1.165) is 18.7 Å². The van der Waals surface area contributed by atoms with Gasteiger partial charge in [-0.1, -0.05) is 23.2 Å². The van der Waals surface area contributed by atoms with Crippen LogP contribution in [0.3, 0.4) is 0 Å². The Balaban J connectivity index is 1.37. The lowest BCUT2D eigenvalue weighted by atomic mass is 9.88. The standard InChI is InChI=1S/C21H21Cl2N3O2/c22-17-4-1-14(11-18(17)23)20(27)13-6-9-26(10-7-13)21(28)15-5-8-24-19(12-15)25-16-2-3-16/h1,4-5,8,11-13,16H,2-3,6-7,9-10H2,(H,24,25). The van der Waals surface area contributed by atoms with E-state index in [4.69, 9.17) is 23.2 Å². The zero-order chi connectivity index (χ0) is 19.7. The number of carbonyl (C=O) groups is 2. The maximum absolute atomic E-state index is 12.8. The SMILES string of the molecule is O=C(c1ccc(Cl)c(Cl)c1)C1CCN(C(=O)c2ccnc(NC3CC3)c2)CC1. The van der Waals surface area contributed by atoms with Crippen LogP contribution in [0.4, 0.5) is 5.82 Å². The molecule has 146 valence electrons. The van der Waals surface area contributed by atoms with Crippen molar-refractivity contribution in [3.05, 3.63) is 57.7 Å². The Morgan fingerprint density at radius 1 is 0.964 bits per heavy atom. The predicted octanol–water partition coefficient (Wildman–Crippen LogP) is 4.70. The second-order valence-electron chi connectivity index (χ2n) is 7.41.